The quantitative estimate of drug-likeness (QED) is 0.624. The molecule has 0 spiro atoms. The summed E-state index contributed by atoms with van der Waals surface area (Å²) in [4.78, 5) is 0. The lowest BCUT2D eigenvalue weighted by atomic mass is 10.4. The Balaban J connectivity index is -0.000000175. The first-order chi connectivity index (χ1) is 5.85. The highest BCUT2D eigenvalue weighted by molar-refractivity contribution is 5.14. The molecule has 0 radical (unpaired) electrons. The third-order valence-corrected chi connectivity index (χ3v) is 0.946. The molecule has 0 saturated heterocycles. The van der Waals surface area contributed by atoms with Gasteiger partial charge in [-0.2, -0.15) is 0 Å². The van der Waals surface area contributed by atoms with E-state index in [-0.39, 0.29) is 0 Å². The average molecular weight is 171 g/mol. The van der Waals surface area contributed by atoms with Crippen molar-refractivity contribution in [3.63, 3.8) is 0 Å². The lowest BCUT2D eigenvalue weighted by Crippen LogP contribution is -2.01. The number of rotatable bonds is 2. The molecule has 0 rings (SSSR count). The zero-order valence-electron chi connectivity index (χ0n) is 9.73. The van der Waals surface area contributed by atoms with E-state index < -0.39 is 0 Å². The Morgan fingerprint density at radius 1 is 1.00 bits per heavy atom. The summed E-state index contributed by atoms with van der Waals surface area (Å²) in [5, 5.41) is 3.03. The topological polar surface area (TPSA) is 12.0 Å². The van der Waals surface area contributed by atoms with Crippen LogP contribution in [0.4, 0.5) is 0 Å². The molecular weight excluding hydrogens is 146 g/mol. The standard InChI is InChI=1S/C7H13N.2C2H6/c1-4-6-7(5-2)8-3;2*1-2/h4-6,8H,1-3H3;2*1-2H3/b6-4-,7-5+;;. The van der Waals surface area contributed by atoms with Crippen LogP contribution in [-0.2, 0) is 0 Å². The van der Waals surface area contributed by atoms with Crippen molar-refractivity contribution in [2.45, 2.75) is 41.5 Å². The van der Waals surface area contributed by atoms with Crippen LogP contribution in [0.3, 0.4) is 0 Å². The number of allylic oxidation sites excluding steroid dienone is 3. The maximum atomic E-state index is 3.03. The Labute approximate surface area is 78.6 Å². The second-order valence-electron chi connectivity index (χ2n) is 1.49. The molecule has 0 heterocycles. The van der Waals surface area contributed by atoms with Gasteiger partial charge in [-0.25, -0.2) is 0 Å². The largest absolute Gasteiger partial charge is 0.388 e. The Kier molecular flexibility index (Phi) is 32.5. The predicted octanol–water partition coefficient (Wildman–Crippen LogP) is 3.74. The maximum absolute atomic E-state index is 3.03. The van der Waals surface area contributed by atoms with Crippen LogP contribution in [0.5, 0.6) is 0 Å². The molecule has 0 saturated carbocycles. The highest BCUT2D eigenvalue weighted by Gasteiger charge is 1.76. The minimum atomic E-state index is 1.16. The molecule has 12 heavy (non-hydrogen) atoms. The van der Waals surface area contributed by atoms with Gasteiger partial charge >= 0.3 is 0 Å². The summed E-state index contributed by atoms with van der Waals surface area (Å²) in [5.41, 5.74) is 1.16. The molecular formula is C11H25N. The van der Waals surface area contributed by atoms with Gasteiger partial charge in [0.15, 0.2) is 0 Å². The number of hydrogen-bond acceptors (Lipinski definition) is 1. The number of likely N-dealkylation sites (N-methyl/N-ethyl adjacent to an activating group) is 1. The Bertz CT molecular complexity index is 98.8. The van der Waals surface area contributed by atoms with E-state index in [0.29, 0.717) is 0 Å². The van der Waals surface area contributed by atoms with Crippen molar-refractivity contribution in [3.05, 3.63) is 23.9 Å². The molecule has 0 aromatic rings. The van der Waals surface area contributed by atoms with E-state index in [4.69, 9.17) is 0 Å². The maximum Gasteiger partial charge on any atom is 0.0290 e. The lowest BCUT2D eigenvalue weighted by molar-refractivity contribution is 1.03. The summed E-state index contributed by atoms with van der Waals surface area (Å²) < 4.78 is 0. The van der Waals surface area contributed by atoms with Crippen LogP contribution in [-0.4, -0.2) is 7.05 Å². The molecule has 0 aromatic heterocycles. The fourth-order valence-electron chi connectivity index (χ4n) is 0.503. The molecule has 1 nitrogen and oxygen atoms in total. The van der Waals surface area contributed by atoms with Gasteiger partial charge in [0.1, 0.15) is 0 Å². The number of nitrogens with one attached hydrogen (secondary N) is 1. The van der Waals surface area contributed by atoms with Crippen molar-refractivity contribution in [1.82, 2.24) is 5.32 Å². The summed E-state index contributed by atoms with van der Waals surface area (Å²) >= 11 is 0. The first-order valence-corrected chi connectivity index (χ1v) is 4.82. The summed E-state index contributed by atoms with van der Waals surface area (Å²) in [6, 6.07) is 0. The SMILES string of the molecule is C/C=C\C(=C/C)NC.CC.CC. The molecule has 74 valence electrons. The van der Waals surface area contributed by atoms with Crippen LogP contribution in [0.25, 0.3) is 0 Å². The lowest BCUT2D eigenvalue weighted by Gasteiger charge is -1.95. The van der Waals surface area contributed by atoms with Crippen LogP contribution in [0, 0.1) is 0 Å². The van der Waals surface area contributed by atoms with E-state index in [1.54, 1.807) is 0 Å². The van der Waals surface area contributed by atoms with Crippen LogP contribution in [0.1, 0.15) is 41.5 Å². The molecule has 0 bridgehead atoms. The zero-order valence-corrected chi connectivity index (χ0v) is 9.73. The van der Waals surface area contributed by atoms with Crippen molar-refractivity contribution in [2.24, 2.45) is 0 Å². The molecule has 0 aromatic carbocycles. The molecule has 0 aliphatic rings. The van der Waals surface area contributed by atoms with Gasteiger partial charge < -0.3 is 5.32 Å². The van der Waals surface area contributed by atoms with Gasteiger partial charge in [0.2, 0.25) is 0 Å². The normalized spacial score (nSPS) is 9.42. The Morgan fingerprint density at radius 2 is 1.42 bits per heavy atom. The van der Waals surface area contributed by atoms with Gasteiger partial charge in [-0.1, -0.05) is 39.8 Å². The summed E-state index contributed by atoms with van der Waals surface area (Å²) in [7, 11) is 1.91. The molecule has 0 aliphatic carbocycles. The smallest absolute Gasteiger partial charge is 0.0290 e. The molecule has 0 atom stereocenters. The third kappa shape index (κ3) is 16.1. The minimum absolute atomic E-state index is 1.16. The highest BCUT2D eigenvalue weighted by Crippen LogP contribution is 1.87. The van der Waals surface area contributed by atoms with Gasteiger partial charge in [-0.3, -0.25) is 0 Å². The van der Waals surface area contributed by atoms with Crippen LogP contribution in [0.15, 0.2) is 23.9 Å². The first-order valence-electron chi connectivity index (χ1n) is 4.82. The highest BCUT2D eigenvalue weighted by atomic mass is 14.8. The summed E-state index contributed by atoms with van der Waals surface area (Å²) in [6.07, 6.45) is 6.06. The average Bonchev–Trinajstić information content (AvgIpc) is 2.20. The number of hydrogen-bond donors (Lipinski definition) is 1. The van der Waals surface area contributed by atoms with E-state index in [1.165, 1.54) is 0 Å². The Hall–Kier alpha value is -0.720. The molecule has 0 aliphatic heterocycles. The summed E-state index contributed by atoms with van der Waals surface area (Å²) in [5.74, 6) is 0. The van der Waals surface area contributed by atoms with Gasteiger partial charge in [0.25, 0.3) is 0 Å². The molecule has 1 N–H and O–H groups in total. The molecule has 0 fully saturated rings. The monoisotopic (exact) mass is 171 g/mol. The van der Waals surface area contributed by atoms with Crippen molar-refractivity contribution in [3.8, 4) is 0 Å². The Morgan fingerprint density at radius 3 is 1.50 bits per heavy atom. The third-order valence-electron chi connectivity index (χ3n) is 0.946. The van der Waals surface area contributed by atoms with Crippen molar-refractivity contribution < 1.29 is 0 Å². The predicted molar refractivity (Wildman–Crippen MR) is 60.3 cm³/mol. The molecule has 0 unspecified atom stereocenters. The van der Waals surface area contributed by atoms with E-state index >= 15 is 0 Å². The second-order valence-corrected chi connectivity index (χ2v) is 1.49. The van der Waals surface area contributed by atoms with E-state index in [2.05, 4.69) is 5.32 Å². The van der Waals surface area contributed by atoms with Gasteiger partial charge in [0, 0.05) is 12.7 Å². The van der Waals surface area contributed by atoms with E-state index in [9.17, 15) is 0 Å². The van der Waals surface area contributed by atoms with Crippen LogP contribution in [0.2, 0.25) is 0 Å². The van der Waals surface area contributed by atoms with Gasteiger partial charge in [-0.05, 0) is 19.9 Å². The summed E-state index contributed by atoms with van der Waals surface area (Å²) in [6.45, 7) is 12.0. The molecule has 1 heteroatoms. The van der Waals surface area contributed by atoms with Gasteiger partial charge in [0.05, 0.1) is 0 Å². The van der Waals surface area contributed by atoms with Crippen molar-refractivity contribution in [2.75, 3.05) is 7.05 Å². The first kappa shape index (κ1) is 17.4. The van der Waals surface area contributed by atoms with Crippen LogP contribution < -0.4 is 5.32 Å². The van der Waals surface area contributed by atoms with E-state index in [0.717, 1.165) is 5.70 Å². The molecule has 0 amide bonds. The zero-order chi connectivity index (χ0) is 10.4. The van der Waals surface area contributed by atoms with E-state index in [1.807, 2.05) is 66.8 Å². The van der Waals surface area contributed by atoms with Crippen molar-refractivity contribution >= 4 is 0 Å². The fraction of sp³-hybridized carbons (Fsp3) is 0.636. The van der Waals surface area contributed by atoms with Crippen LogP contribution >= 0.6 is 0 Å². The fourth-order valence-corrected chi connectivity index (χ4v) is 0.503. The van der Waals surface area contributed by atoms with Gasteiger partial charge in [-0.15, -0.1) is 0 Å². The minimum Gasteiger partial charge on any atom is -0.388 e. The van der Waals surface area contributed by atoms with Crippen molar-refractivity contribution in [1.29, 1.82) is 0 Å². The second kappa shape index (κ2) is 22.4.